The zero-order valence-corrected chi connectivity index (χ0v) is 28.9. The van der Waals surface area contributed by atoms with E-state index in [9.17, 15) is 14.4 Å². The minimum absolute atomic E-state index is 0.208. The highest BCUT2D eigenvalue weighted by atomic mass is 16.5. The number of hydrogen-bond donors (Lipinski definition) is 0. The van der Waals surface area contributed by atoms with E-state index in [4.69, 9.17) is 9.47 Å². The molecule has 0 spiro atoms. The van der Waals surface area contributed by atoms with E-state index < -0.39 is 0 Å². The van der Waals surface area contributed by atoms with Crippen LogP contribution in [0, 0.1) is 0 Å². The summed E-state index contributed by atoms with van der Waals surface area (Å²) in [6, 6.07) is 9.55. The van der Waals surface area contributed by atoms with Gasteiger partial charge in [-0.15, -0.1) is 0 Å². The van der Waals surface area contributed by atoms with Crippen molar-refractivity contribution in [2.24, 2.45) is 0 Å². The smallest absolute Gasteiger partial charge is 0.333 e. The van der Waals surface area contributed by atoms with Crippen molar-refractivity contribution in [1.82, 2.24) is 4.90 Å². The fraction of sp³-hybridized carbons (Fsp3) is 0.615. The summed E-state index contributed by atoms with van der Waals surface area (Å²) < 4.78 is 10.0. The van der Waals surface area contributed by atoms with Gasteiger partial charge < -0.3 is 14.4 Å². The van der Waals surface area contributed by atoms with Crippen molar-refractivity contribution in [3.63, 3.8) is 0 Å². The summed E-state index contributed by atoms with van der Waals surface area (Å²) in [7, 11) is 0. The minimum Gasteiger partial charge on any atom is -0.462 e. The third kappa shape index (κ3) is 25.8. The summed E-state index contributed by atoms with van der Waals surface area (Å²) >= 11 is 0. The Labute approximate surface area is 275 Å². The van der Waals surface area contributed by atoms with E-state index in [1.807, 2.05) is 30.3 Å². The van der Waals surface area contributed by atoms with Crippen LogP contribution in [0.2, 0.25) is 0 Å². The van der Waals surface area contributed by atoms with Gasteiger partial charge in [-0.05, 0) is 38.5 Å². The number of amides is 1. The third-order valence-corrected chi connectivity index (χ3v) is 7.47. The van der Waals surface area contributed by atoms with Crippen LogP contribution in [-0.2, 0) is 30.5 Å². The van der Waals surface area contributed by atoms with Gasteiger partial charge >= 0.3 is 11.9 Å². The fourth-order valence-corrected chi connectivity index (χ4v) is 4.65. The lowest BCUT2D eigenvalue weighted by molar-refractivity contribution is -0.140. The first-order chi connectivity index (χ1) is 21.7. The average molecular weight is 626 g/mol. The van der Waals surface area contributed by atoms with Crippen molar-refractivity contribution in [3.05, 3.63) is 73.0 Å². The van der Waals surface area contributed by atoms with Gasteiger partial charge in [0.25, 0.3) is 0 Å². The first kappa shape index (κ1) is 41.9. The molecular weight excluding hydrogens is 562 g/mol. The van der Waals surface area contributed by atoms with Crippen molar-refractivity contribution in [1.29, 1.82) is 0 Å². The van der Waals surface area contributed by atoms with Crippen LogP contribution >= 0.6 is 0 Å². The second kappa shape index (κ2) is 29.6. The number of benzene rings is 1. The molecule has 1 aliphatic rings. The highest BCUT2D eigenvalue weighted by Crippen LogP contribution is 2.14. The highest BCUT2D eigenvalue weighted by Gasteiger charge is 2.16. The van der Waals surface area contributed by atoms with E-state index >= 15 is 0 Å². The molecule has 1 fully saturated rings. The van der Waals surface area contributed by atoms with E-state index in [-0.39, 0.29) is 17.8 Å². The maximum atomic E-state index is 11.2. The second-order valence-electron chi connectivity index (χ2n) is 11.9. The topological polar surface area (TPSA) is 72.9 Å². The van der Waals surface area contributed by atoms with Crippen LogP contribution in [0.3, 0.4) is 0 Å². The molecule has 0 radical (unpaired) electrons. The van der Waals surface area contributed by atoms with E-state index in [2.05, 4.69) is 26.7 Å². The second-order valence-corrected chi connectivity index (χ2v) is 11.9. The zero-order chi connectivity index (χ0) is 33.5. The largest absolute Gasteiger partial charge is 0.462 e. The van der Waals surface area contributed by atoms with Crippen LogP contribution in [0.1, 0.15) is 142 Å². The Morgan fingerprint density at radius 2 is 1.18 bits per heavy atom. The number of hydrogen-bond acceptors (Lipinski definition) is 5. The van der Waals surface area contributed by atoms with Gasteiger partial charge in [0.2, 0.25) is 5.91 Å². The number of likely N-dealkylation sites (tertiary alicyclic amines) is 1. The van der Waals surface area contributed by atoms with Gasteiger partial charge in [0.1, 0.15) is 6.61 Å². The number of esters is 2. The Balaban J connectivity index is 0.000000756. The van der Waals surface area contributed by atoms with Gasteiger partial charge in [0, 0.05) is 24.1 Å². The zero-order valence-electron chi connectivity index (χ0n) is 28.9. The van der Waals surface area contributed by atoms with Gasteiger partial charge in [-0.3, -0.25) is 4.79 Å². The lowest BCUT2D eigenvalue weighted by atomic mass is 10.0. The molecule has 1 heterocycles. The van der Waals surface area contributed by atoms with E-state index in [0.717, 1.165) is 24.9 Å². The molecule has 0 aliphatic carbocycles. The standard InChI is InChI=1S/C22H42O2.C11H12O2.C6H9NO/c1-4-5-6-7-8-9-10-11-12-13-14-15-16-17-18-19-20-24-22(23)21(2)3;1-9(2)11(12)13-8-10-6-4-3-5-7-10;1-2-7-5-3-4-6(7)8/h2,4-20H2,1,3H3;3-7H,1,8H2,2H3;2H,1,3-5H2. The molecule has 1 aliphatic heterocycles. The molecule has 0 atom stereocenters. The summed E-state index contributed by atoms with van der Waals surface area (Å²) in [5.74, 6) is -0.389. The average Bonchev–Trinajstić information content (AvgIpc) is 3.46. The molecule has 1 saturated heterocycles. The Morgan fingerprint density at radius 3 is 1.56 bits per heavy atom. The molecule has 0 bridgehead atoms. The number of nitrogens with zero attached hydrogens (tertiary/aromatic N) is 1. The molecule has 6 nitrogen and oxygen atoms in total. The normalized spacial score (nSPS) is 11.9. The van der Waals surface area contributed by atoms with Gasteiger partial charge in [0.05, 0.1) is 6.61 Å². The van der Waals surface area contributed by atoms with Gasteiger partial charge in [-0.1, -0.05) is 153 Å². The molecule has 1 aromatic rings. The summed E-state index contributed by atoms with van der Waals surface area (Å²) in [6.45, 7) is 17.9. The maximum Gasteiger partial charge on any atom is 0.333 e. The monoisotopic (exact) mass is 625 g/mol. The predicted octanol–water partition coefficient (Wildman–Crippen LogP) is 10.4. The molecule has 0 N–H and O–H groups in total. The first-order valence-electron chi connectivity index (χ1n) is 17.3. The lowest BCUT2D eigenvalue weighted by Crippen LogP contribution is -2.16. The van der Waals surface area contributed by atoms with Crippen LogP contribution in [0.5, 0.6) is 0 Å². The van der Waals surface area contributed by atoms with E-state index in [1.54, 1.807) is 24.9 Å². The van der Waals surface area contributed by atoms with Crippen molar-refractivity contribution in [2.45, 2.75) is 143 Å². The fourth-order valence-electron chi connectivity index (χ4n) is 4.65. The van der Waals surface area contributed by atoms with Crippen LogP contribution in [0.4, 0.5) is 0 Å². The Hall–Kier alpha value is -3.15. The summed E-state index contributed by atoms with van der Waals surface area (Å²) in [5.41, 5.74) is 1.90. The molecule has 254 valence electrons. The van der Waals surface area contributed by atoms with Crippen LogP contribution in [0.25, 0.3) is 0 Å². The van der Waals surface area contributed by atoms with Crippen LogP contribution in [0.15, 0.2) is 67.4 Å². The van der Waals surface area contributed by atoms with Gasteiger partial charge in [0.15, 0.2) is 0 Å². The summed E-state index contributed by atoms with van der Waals surface area (Å²) in [4.78, 5) is 34.5. The van der Waals surface area contributed by atoms with Crippen molar-refractivity contribution < 1.29 is 23.9 Å². The van der Waals surface area contributed by atoms with E-state index in [0.29, 0.717) is 30.8 Å². The van der Waals surface area contributed by atoms with Crippen LogP contribution < -0.4 is 0 Å². The third-order valence-electron chi connectivity index (χ3n) is 7.47. The number of unbranched alkanes of at least 4 members (excludes halogenated alkanes) is 15. The maximum absolute atomic E-state index is 11.2. The summed E-state index contributed by atoms with van der Waals surface area (Å²) in [5, 5.41) is 0. The lowest BCUT2D eigenvalue weighted by Gasteiger charge is -2.05. The quantitative estimate of drug-likeness (QED) is 0.0728. The molecular formula is C39H63NO5. The Kier molecular flexibility index (Phi) is 27.5. The molecule has 0 saturated carbocycles. The van der Waals surface area contributed by atoms with Crippen LogP contribution in [-0.4, -0.2) is 35.9 Å². The Bertz CT molecular complexity index is 955. The molecule has 1 aromatic carbocycles. The SMILES string of the molecule is C=C(C)C(=O)OCCCCCCCCCCCCCCCCCC.C=C(C)C(=O)OCc1ccccc1.C=CN1CCCC1=O. The van der Waals surface area contributed by atoms with E-state index in [1.165, 1.54) is 96.3 Å². The predicted molar refractivity (Wildman–Crippen MR) is 188 cm³/mol. The molecule has 0 unspecified atom stereocenters. The minimum atomic E-state index is -0.344. The number of rotatable bonds is 22. The van der Waals surface area contributed by atoms with Gasteiger partial charge in [-0.2, -0.15) is 0 Å². The number of ether oxygens (including phenoxy) is 2. The van der Waals surface area contributed by atoms with Crippen molar-refractivity contribution in [3.8, 4) is 0 Å². The molecule has 45 heavy (non-hydrogen) atoms. The summed E-state index contributed by atoms with van der Waals surface area (Å²) in [6.07, 6.45) is 25.0. The van der Waals surface area contributed by atoms with Crippen molar-refractivity contribution >= 4 is 17.8 Å². The van der Waals surface area contributed by atoms with Gasteiger partial charge in [-0.25, -0.2) is 9.59 Å². The molecule has 1 amide bonds. The first-order valence-corrected chi connectivity index (χ1v) is 17.3. The number of carbonyl (C=O) groups excluding carboxylic acids is 3. The molecule has 0 aromatic heterocycles. The Morgan fingerprint density at radius 1 is 0.733 bits per heavy atom. The highest BCUT2D eigenvalue weighted by molar-refractivity contribution is 5.87. The van der Waals surface area contributed by atoms with Crippen molar-refractivity contribution in [2.75, 3.05) is 13.2 Å². The molecule has 2 rings (SSSR count). The molecule has 6 heteroatoms. The number of carbonyl (C=O) groups is 3.